The molecular weight excluding hydrogens is 320 g/mol. The number of aliphatic hydroxyl groups excluding tert-OH is 1. The second-order valence-electron chi connectivity index (χ2n) is 6.92. The molecule has 25 heavy (non-hydrogen) atoms. The molecule has 7 nitrogen and oxygen atoms in total. The Bertz CT molecular complexity index is 820. The number of carbonyl (C=O) groups is 1. The van der Waals surface area contributed by atoms with Crippen LogP contribution in [0.5, 0.6) is 0 Å². The van der Waals surface area contributed by atoms with E-state index < -0.39 is 0 Å². The van der Waals surface area contributed by atoms with E-state index in [2.05, 4.69) is 15.4 Å². The van der Waals surface area contributed by atoms with Gasteiger partial charge in [-0.25, -0.2) is 0 Å². The van der Waals surface area contributed by atoms with E-state index in [0.29, 0.717) is 24.1 Å². The maximum absolute atomic E-state index is 12.4. The SMILES string of the molecule is Cc1nn(C)c2[nH]c(=O)c(CCC(=O)NC(CCO)C(C)C)c(C)c12. The van der Waals surface area contributed by atoms with Gasteiger partial charge in [-0.2, -0.15) is 5.10 Å². The van der Waals surface area contributed by atoms with Gasteiger partial charge in [0, 0.05) is 37.1 Å². The minimum Gasteiger partial charge on any atom is -0.396 e. The Hall–Kier alpha value is -2.15. The number of H-pyrrole nitrogens is 1. The second kappa shape index (κ2) is 7.82. The highest BCUT2D eigenvalue weighted by Gasteiger charge is 2.18. The van der Waals surface area contributed by atoms with Gasteiger partial charge in [0.25, 0.3) is 5.56 Å². The van der Waals surface area contributed by atoms with Crippen molar-refractivity contribution in [1.29, 1.82) is 0 Å². The summed E-state index contributed by atoms with van der Waals surface area (Å²) in [6.45, 7) is 7.87. The molecule has 0 aliphatic heterocycles. The zero-order chi connectivity index (χ0) is 18.7. The van der Waals surface area contributed by atoms with Crippen molar-refractivity contribution in [2.75, 3.05) is 6.61 Å². The lowest BCUT2D eigenvalue weighted by Gasteiger charge is -2.21. The van der Waals surface area contributed by atoms with E-state index in [0.717, 1.165) is 16.6 Å². The van der Waals surface area contributed by atoms with Gasteiger partial charge in [-0.15, -0.1) is 0 Å². The van der Waals surface area contributed by atoms with Gasteiger partial charge >= 0.3 is 0 Å². The molecule has 0 aromatic carbocycles. The maximum Gasteiger partial charge on any atom is 0.253 e. The number of nitrogens with one attached hydrogen (secondary N) is 2. The van der Waals surface area contributed by atoms with Crippen molar-refractivity contribution < 1.29 is 9.90 Å². The molecule has 2 aromatic heterocycles. The predicted octanol–water partition coefficient (Wildman–Crippen LogP) is 1.33. The third-order valence-electron chi connectivity index (χ3n) is 4.75. The van der Waals surface area contributed by atoms with Crippen molar-refractivity contribution in [3.8, 4) is 0 Å². The number of aryl methyl sites for hydroxylation is 3. The molecule has 1 atom stereocenters. The van der Waals surface area contributed by atoms with E-state index in [-0.39, 0.29) is 36.5 Å². The summed E-state index contributed by atoms with van der Waals surface area (Å²) in [5, 5.41) is 17.3. The summed E-state index contributed by atoms with van der Waals surface area (Å²) >= 11 is 0. The smallest absolute Gasteiger partial charge is 0.253 e. The molecule has 0 aliphatic rings. The third-order valence-corrected chi connectivity index (χ3v) is 4.75. The summed E-state index contributed by atoms with van der Waals surface area (Å²) in [4.78, 5) is 27.5. The predicted molar refractivity (Wildman–Crippen MR) is 97.6 cm³/mol. The van der Waals surface area contributed by atoms with E-state index in [4.69, 9.17) is 5.11 Å². The Labute approximate surface area is 147 Å². The first-order valence-electron chi connectivity index (χ1n) is 8.71. The first-order valence-corrected chi connectivity index (χ1v) is 8.71. The van der Waals surface area contributed by atoms with Gasteiger partial charge < -0.3 is 15.4 Å². The number of amides is 1. The summed E-state index contributed by atoms with van der Waals surface area (Å²) < 4.78 is 1.66. The fraction of sp³-hybridized carbons (Fsp3) is 0.611. The van der Waals surface area contributed by atoms with Crippen LogP contribution in [0, 0.1) is 19.8 Å². The van der Waals surface area contributed by atoms with Gasteiger partial charge in [0.05, 0.1) is 5.69 Å². The number of aliphatic hydroxyl groups is 1. The standard InChI is InChI=1S/C18H28N4O3/c1-10(2)14(8-9-23)19-15(24)7-6-13-11(3)16-12(4)21-22(5)17(16)20-18(13)25/h10,14,23H,6-9H2,1-5H3,(H,19,24)(H,20,25). The van der Waals surface area contributed by atoms with Crippen LogP contribution in [0.25, 0.3) is 11.0 Å². The molecule has 2 heterocycles. The number of pyridine rings is 1. The Kier molecular flexibility index (Phi) is 6.00. The van der Waals surface area contributed by atoms with Crippen LogP contribution in [0.2, 0.25) is 0 Å². The lowest BCUT2D eigenvalue weighted by molar-refractivity contribution is -0.122. The molecule has 138 valence electrons. The van der Waals surface area contributed by atoms with Crippen LogP contribution in [-0.4, -0.2) is 38.4 Å². The van der Waals surface area contributed by atoms with Crippen LogP contribution >= 0.6 is 0 Å². The zero-order valence-corrected chi connectivity index (χ0v) is 15.6. The van der Waals surface area contributed by atoms with Crippen LogP contribution in [0.1, 0.15) is 43.5 Å². The highest BCUT2D eigenvalue weighted by atomic mass is 16.3. The average Bonchev–Trinajstić information content (AvgIpc) is 2.80. The lowest BCUT2D eigenvalue weighted by atomic mass is 10.00. The molecule has 0 saturated heterocycles. The minimum absolute atomic E-state index is 0.0405. The normalized spacial score (nSPS) is 12.8. The highest BCUT2D eigenvalue weighted by Crippen LogP contribution is 2.21. The molecule has 0 bridgehead atoms. The van der Waals surface area contributed by atoms with Crippen LogP contribution in [0.3, 0.4) is 0 Å². The van der Waals surface area contributed by atoms with E-state index in [1.807, 2.05) is 27.7 Å². The fourth-order valence-electron chi connectivity index (χ4n) is 3.28. The van der Waals surface area contributed by atoms with E-state index in [1.165, 1.54) is 0 Å². The number of hydrogen-bond acceptors (Lipinski definition) is 4. The van der Waals surface area contributed by atoms with Gasteiger partial charge in [0.1, 0.15) is 5.65 Å². The summed E-state index contributed by atoms with van der Waals surface area (Å²) in [6, 6.07) is -0.0556. The van der Waals surface area contributed by atoms with Gasteiger partial charge in [0.2, 0.25) is 5.91 Å². The fourth-order valence-corrected chi connectivity index (χ4v) is 3.28. The Morgan fingerprint density at radius 3 is 2.64 bits per heavy atom. The van der Waals surface area contributed by atoms with E-state index in [9.17, 15) is 9.59 Å². The molecule has 0 fully saturated rings. The van der Waals surface area contributed by atoms with Crippen LogP contribution in [0.4, 0.5) is 0 Å². The van der Waals surface area contributed by atoms with Crippen molar-refractivity contribution in [3.63, 3.8) is 0 Å². The molecule has 0 spiro atoms. The number of hydrogen-bond donors (Lipinski definition) is 3. The monoisotopic (exact) mass is 348 g/mol. The molecular formula is C18H28N4O3. The zero-order valence-electron chi connectivity index (χ0n) is 15.6. The first kappa shape index (κ1) is 19.2. The summed E-state index contributed by atoms with van der Waals surface area (Å²) in [5.74, 6) is 0.143. The summed E-state index contributed by atoms with van der Waals surface area (Å²) in [5.41, 5.74) is 2.90. The molecule has 2 aromatic rings. The Morgan fingerprint density at radius 2 is 2.04 bits per heavy atom. The van der Waals surface area contributed by atoms with E-state index in [1.54, 1.807) is 11.7 Å². The third kappa shape index (κ3) is 4.10. The quantitative estimate of drug-likeness (QED) is 0.703. The number of carbonyl (C=O) groups excluding carboxylic acids is 1. The topological polar surface area (TPSA) is 100 Å². The summed E-state index contributed by atoms with van der Waals surface area (Å²) in [7, 11) is 1.80. The molecule has 0 saturated carbocycles. The number of nitrogens with zero attached hydrogens (tertiary/aromatic N) is 2. The molecule has 3 N–H and O–H groups in total. The largest absolute Gasteiger partial charge is 0.396 e. The van der Waals surface area contributed by atoms with Crippen molar-refractivity contribution >= 4 is 16.9 Å². The van der Waals surface area contributed by atoms with Gasteiger partial charge in [-0.05, 0) is 38.2 Å². The lowest BCUT2D eigenvalue weighted by Crippen LogP contribution is -2.39. The average molecular weight is 348 g/mol. The number of rotatable bonds is 7. The Morgan fingerprint density at radius 1 is 1.36 bits per heavy atom. The molecule has 2 rings (SSSR count). The second-order valence-corrected chi connectivity index (χ2v) is 6.92. The summed E-state index contributed by atoms with van der Waals surface area (Å²) in [6.07, 6.45) is 1.15. The molecule has 1 amide bonds. The van der Waals surface area contributed by atoms with Gasteiger partial charge in [0.15, 0.2) is 0 Å². The van der Waals surface area contributed by atoms with Crippen LogP contribution in [-0.2, 0) is 18.3 Å². The van der Waals surface area contributed by atoms with Crippen molar-refractivity contribution in [3.05, 3.63) is 27.2 Å². The van der Waals surface area contributed by atoms with Crippen molar-refractivity contribution in [2.45, 2.75) is 53.0 Å². The highest BCUT2D eigenvalue weighted by molar-refractivity contribution is 5.83. The number of fused-ring (bicyclic) bond motifs is 1. The van der Waals surface area contributed by atoms with Crippen molar-refractivity contribution in [1.82, 2.24) is 20.1 Å². The van der Waals surface area contributed by atoms with Crippen LogP contribution in [0.15, 0.2) is 4.79 Å². The Balaban J connectivity index is 2.17. The van der Waals surface area contributed by atoms with Crippen LogP contribution < -0.4 is 10.9 Å². The minimum atomic E-state index is -0.170. The number of aromatic amines is 1. The first-order chi connectivity index (χ1) is 11.8. The van der Waals surface area contributed by atoms with Gasteiger partial charge in [-0.3, -0.25) is 14.3 Å². The van der Waals surface area contributed by atoms with Crippen molar-refractivity contribution in [2.24, 2.45) is 13.0 Å². The molecule has 1 unspecified atom stereocenters. The van der Waals surface area contributed by atoms with E-state index >= 15 is 0 Å². The van der Waals surface area contributed by atoms with Gasteiger partial charge in [-0.1, -0.05) is 13.8 Å². The maximum atomic E-state index is 12.4. The molecule has 0 aliphatic carbocycles. The molecule has 0 radical (unpaired) electrons. The molecule has 7 heteroatoms. The number of aromatic nitrogens is 3.